The van der Waals surface area contributed by atoms with E-state index in [1.807, 2.05) is 12.1 Å². The molecule has 0 amide bonds. The van der Waals surface area contributed by atoms with Gasteiger partial charge in [0.1, 0.15) is 5.75 Å². The van der Waals surface area contributed by atoms with Gasteiger partial charge >= 0.3 is 0 Å². The second-order valence-electron chi connectivity index (χ2n) is 3.93. The van der Waals surface area contributed by atoms with Gasteiger partial charge in [0.05, 0.1) is 4.47 Å². The van der Waals surface area contributed by atoms with Gasteiger partial charge in [0.15, 0.2) is 0 Å². The predicted octanol–water partition coefficient (Wildman–Crippen LogP) is 4.50. The molecular weight excluding hydrogens is 334 g/mol. The van der Waals surface area contributed by atoms with Crippen LogP contribution in [0.15, 0.2) is 21.1 Å². The molecule has 0 fully saturated rings. The number of benzene rings is 1. The van der Waals surface area contributed by atoms with E-state index in [-0.39, 0.29) is 11.8 Å². The first-order chi connectivity index (χ1) is 7.56. The summed E-state index contributed by atoms with van der Waals surface area (Å²) in [5.74, 6) is 0.257. The molecule has 0 aliphatic carbocycles. The Hall–Kier alpha value is -0.0600. The number of phenolic OH excluding ortho intramolecular Hbond substituents is 1. The minimum Gasteiger partial charge on any atom is -0.506 e. The van der Waals surface area contributed by atoms with Crippen LogP contribution >= 0.6 is 31.9 Å². The maximum atomic E-state index is 9.90. The van der Waals surface area contributed by atoms with Crippen molar-refractivity contribution in [3.05, 3.63) is 26.6 Å². The van der Waals surface area contributed by atoms with Crippen LogP contribution in [0.2, 0.25) is 0 Å². The van der Waals surface area contributed by atoms with E-state index in [1.54, 1.807) is 0 Å². The zero-order chi connectivity index (χ0) is 12.1. The summed E-state index contributed by atoms with van der Waals surface area (Å²) in [5.41, 5.74) is 6.88. The molecule has 16 heavy (non-hydrogen) atoms. The zero-order valence-corrected chi connectivity index (χ0v) is 12.5. The normalized spacial score (nSPS) is 12.8. The van der Waals surface area contributed by atoms with Crippen LogP contribution in [0.1, 0.15) is 44.2 Å². The molecule has 1 rings (SSSR count). The van der Waals surface area contributed by atoms with Gasteiger partial charge in [0, 0.05) is 16.1 Å². The number of hydrogen-bond donors (Lipinski definition) is 2. The Bertz CT molecular complexity index is 355. The SMILES string of the molecule is CCCCC[C@H](N)c1cc(Br)cc(Br)c1O. The average Bonchev–Trinajstić information content (AvgIpc) is 2.23. The first-order valence-corrected chi connectivity index (χ1v) is 7.08. The van der Waals surface area contributed by atoms with E-state index in [0.717, 1.165) is 22.9 Å². The molecule has 0 heterocycles. The summed E-state index contributed by atoms with van der Waals surface area (Å²) in [6, 6.07) is 3.61. The molecule has 0 unspecified atom stereocenters. The fourth-order valence-electron chi connectivity index (χ4n) is 1.64. The lowest BCUT2D eigenvalue weighted by atomic mass is 10.0. The van der Waals surface area contributed by atoms with Crippen LogP contribution in [-0.2, 0) is 0 Å². The van der Waals surface area contributed by atoms with Gasteiger partial charge in [-0.2, -0.15) is 0 Å². The maximum Gasteiger partial charge on any atom is 0.134 e. The Morgan fingerprint density at radius 3 is 2.62 bits per heavy atom. The molecule has 0 saturated heterocycles. The van der Waals surface area contributed by atoms with Crippen molar-refractivity contribution in [2.45, 2.75) is 38.6 Å². The van der Waals surface area contributed by atoms with Gasteiger partial charge < -0.3 is 10.8 Å². The molecular formula is C12H17Br2NO. The van der Waals surface area contributed by atoms with Gasteiger partial charge in [-0.25, -0.2) is 0 Å². The van der Waals surface area contributed by atoms with Crippen molar-refractivity contribution in [3.8, 4) is 5.75 Å². The summed E-state index contributed by atoms with van der Waals surface area (Å²) in [6.45, 7) is 2.17. The molecule has 0 saturated carbocycles. The highest BCUT2D eigenvalue weighted by molar-refractivity contribution is 9.11. The quantitative estimate of drug-likeness (QED) is 0.768. The van der Waals surface area contributed by atoms with Crippen LogP contribution in [0.4, 0.5) is 0 Å². The van der Waals surface area contributed by atoms with Crippen molar-refractivity contribution in [2.24, 2.45) is 5.73 Å². The number of unbranched alkanes of at least 4 members (excludes halogenated alkanes) is 2. The standard InChI is InChI=1S/C12H17Br2NO/c1-2-3-4-5-11(15)9-6-8(13)7-10(14)12(9)16/h6-7,11,16H,2-5,15H2,1H3/t11-/m0/s1. The molecule has 0 spiro atoms. The van der Waals surface area contributed by atoms with Crippen molar-refractivity contribution in [2.75, 3.05) is 0 Å². The van der Waals surface area contributed by atoms with Gasteiger partial charge in [-0.05, 0) is 34.5 Å². The van der Waals surface area contributed by atoms with E-state index >= 15 is 0 Å². The summed E-state index contributed by atoms with van der Waals surface area (Å²) in [7, 11) is 0. The Balaban J connectivity index is 2.78. The van der Waals surface area contributed by atoms with E-state index in [4.69, 9.17) is 5.73 Å². The fourth-order valence-corrected chi connectivity index (χ4v) is 2.90. The van der Waals surface area contributed by atoms with E-state index in [9.17, 15) is 5.11 Å². The molecule has 90 valence electrons. The Morgan fingerprint density at radius 1 is 1.31 bits per heavy atom. The van der Waals surface area contributed by atoms with Crippen LogP contribution in [0.3, 0.4) is 0 Å². The van der Waals surface area contributed by atoms with Crippen molar-refractivity contribution in [1.29, 1.82) is 0 Å². The van der Waals surface area contributed by atoms with E-state index < -0.39 is 0 Å². The molecule has 0 aromatic heterocycles. The molecule has 0 aliphatic heterocycles. The third-order valence-electron chi connectivity index (χ3n) is 2.58. The molecule has 1 aromatic carbocycles. The van der Waals surface area contributed by atoms with Crippen LogP contribution in [-0.4, -0.2) is 5.11 Å². The minimum absolute atomic E-state index is 0.0969. The van der Waals surface area contributed by atoms with Gasteiger partial charge in [-0.3, -0.25) is 0 Å². The number of phenols is 1. The molecule has 0 bridgehead atoms. The minimum atomic E-state index is -0.0969. The molecule has 2 nitrogen and oxygen atoms in total. The van der Waals surface area contributed by atoms with Gasteiger partial charge in [0.2, 0.25) is 0 Å². The molecule has 0 aliphatic rings. The lowest BCUT2D eigenvalue weighted by Gasteiger charge is -2.15. The van der Waals surface area contributed by atoms with E-state index in [0.29, 0.717) is 4.47 Å². The Labute approximate surface area is 113 Å². The topological polar surface area (TPSA) is 46.2 Å². The number of aromatic hydroxyl groups is 1. The summed E-state index contributed by atoms with van der Waals surface area (Å²) in [4.78, 5) is 0. The van der Waals surface area contributed by atoms with Crippen molar-refractivity contribution in [3.63, 3.8) is 0 Å². The lowest BCUT2D eigenvalue weighted by Crippen LogP contribution is -2.10. The Kier molecular flexibility index (Phi) is 5.79. The first kappa shape index (κ1) is 14.0. The fraction of sp³-hybridized carbons (Fsp3) is 0.500. The number of nitrogens with two attached hydrogens (primary N) is 1. The maximum absolute atomic E-state index is 9.90. The zero-order valence-electron chi connectivity index (χ0n) is 9.34. The summed E-state index contributed by atoms with van der Waals surface area (Å²) in [6.07, 6.45) is 4.37. The van der Waals surface area contributed by atoms with Crippen LogP contribution in [0, 0.1) is 0 Å². The predicted molar refractivity (Wildman–Crippen MR) is 74.6 cm³/mol. The van der Waals surface area contributed by atoms with E-state index in [2.05, 4.69) is 38.8 Å². The third kappa shape index (κ3) is 3.75. The van der Waals surface area contributed by atoms with Crippen molar-refractivity contribution in [1.82, 2.24) is 0 Å². The van der Waals surface area contributed by atoms with Gasteiger partial charge in [-0.15, -0.1) is 0 Å². The largest absolute Gasteiger partial charge is 0.506 e. The summed E-state index contributed by atoms with van der Waals surface area (Å²) >= 11 is 6.71. The molecule has 1 atom stereocenters. The average molecular weight is 351 g/mol. The number of rotatable bonds is 5. The monoisotopic (exact) mass is 349 g/mol. The molecule has 1 aromatic rings. The van der Waals surface area contributed by atoms with Crippen molar-refractivity contribution < 1.29 is 5.11 Å². The smallest absolute Gasteiger partial charge is 0.134 e. The lowest BCUT2D eigenvalue weighted by molar-refractivity contribution is 0.452. The molecule has 0 radical (unpaired) electrons. The summed E-state index contributed by atoms with van der Waals surface area (Å²) < 4.78 is 1.61. The van der Waals surface area contributed by atoms with Crippen LogP contribution in [0.25, 0.3) is 0 Å². The van der Waals surface area contributed by atoms with Crippen LogP contribution < -0.4 is 5.73 Å². The first-order valence-electron chi connectivity index (χ1n) is 5.49. The van der Waals surface area contributed by atoms with Crippen molar-refractivity contribution >= 4 is 31.9 Å². The highest BCUT2D eigenvalue weighted by atomic mass is 79.9. The molecule has 4 heteroatoms. The number of halogens is 2. The second kappa shape index (κ2) is 6.62. The van der Waals surface area contributed by atoms with Gasteiger partial charge in [0.25, 0.3) is 0 Å². The highest BCUT2D eigenvalue weighted by Gasteiger charge is 2.13. The molecule has 3 N–H and O–H groups in total. The van der Waals surface area contributed by atoms with Crippen LogP contribution in [0.5, 0.6) is 5.75 Å². The number of hydrogen-bond acceptors (Lipinski definition) is 2. The highest BCUT2D eigenvalue weighted by Crippen LogP contribution is 2.35. The van der Waals surface area contributed by atoms with E-state index in [1.165, 1.54) is 12.8 Å². The second-order valence-corrected chi connectivity index (χ2v) is 5.70. The summed E-state index contributed by atoms with van der Waals surface area (Å²) in [5, 5.41) is 9.90. The van der Waals surface area contributed by atoms with Gasteiger partial charge in [-0.1, -0.05) is 42.1 Å². The Morgan fingerprint density at radius 2 is 2.00 bits per heavy atom. The third-order valence-corrected chi connectivity index (χ3v) is 3.64.